The average molecular weight is 318 g/mol. The molecule has 2 aromatic rings. The molecule has 0 N–H and O–H groups in total. The fraction of sp³-hybridized carbons (Fsp3) is 0.400. The first-order chi connectivity index (χ1) is 10.7. The minimum atomic E-state index is -0.229. The Hall–Kier alpha value is -2.15. The van der Waals surface area contributed by atoms with E-state index in [9.17, 15) is 4.79 Å². The van der Waals surface area contributed by atoms with E-state index in [1.54, 1.807) is 35.4 Å². The van der Waals surface area contributed by atoms with E-state index >= 15 is 0 Å². The van der Waals surface area contributed by atoms with E-state index in [4.69, 9.17) is 17.0 Å². The number of nitrogens with zero attached hydrogens (tertiary/aromatic N) is 4. The van der Waals surface area contributed by atoms with Gasteiger partial charge in [-0.2, -0.15) is 5.10 Å². The van der Waals surface area contributed by atoms with E-state index in [1.165, 1.54) is 0 Å². The fourth-order valence-electron chi connectivity index (χ4n) is 1.77. The van der Waals surface area contributed by atoms with Gasteiger partial charge in [0.2, 0.25) is 0 Å². The van der Waals surface area contributed by atoms with E-state index < -0.39 is 0 Å². The highest BCUT2D eigenvalue weighted by Crippen LogP contribution is 2.12. The summed E-state index contributed by atoms with van der Waals surface area (Å²) in [4.78, 5) is 19.9. The maximum Gasteiger partial charge on any atom is 0.307 e. The van der Waals surface area contributed by atoms with Crippen LogP contribution >= 0.6 is 12.2 Å². The highest BCUT2D eigenvalue weighted by atomic mass is 32.1. The Morgan fingerprint density at radius 3 is 2.82 bits per heavy atom. The molecule has 0 atom stereocenters. The lowest BCUT2D eigenvalue weighted by molar-refractivity contribution is -0.144. The Kier molecular flexibility index (Phi) is 6.14. The molecular weight excluding hydrogens is 300 g/mol. The van der Waals surface area contributed by atoms with Crippen LogP contribution in [0.25, 0.3) is 11.4 Å². The monoisotopic (exact) mass is 318 g/mol. The van der Waals surface area contributed by atoms with Gasteiger partial charge in [0.1, 0.15) is 4.64 Å². The van der Waals surface area contributed by atoms with Crippen molar-refractivity contribution in [3.8, 4) is 11.4 Å². The van der Waals surface area contributed by atoms with Gasteiger partial charge in [-0.25, -0.2) is 9.97 Å². The molecule has 0 saturated carbocycles. The van der Waals surface area contributed by atoms with Gasteiger partial charge in [-0.05, 0) is 18.6 Å². The molecular formula is C15H18N4O2S. The summed E-state index contributed by atoms with van der Waals surface area (Å²) in [6.07, 6.45) is 7.12. The Balaban J connectivity index is 1.96. The first kappa shape index (κ1) is 16.2. The summed E-state index contributed by atoms with van der Waals surface area (Å²) in [5.41, 5.74) is 0.757. The fourth-order valence-corrected chi connectivity index (χ4v) is 2.04. The SMILES string of the molecule is CCCCOC(=O)CCn1ncc(-c2ncccn2)cc1=S. The predicted octanol–water partition coefficient (Wildman–Crippen LogP) is 2.80. The maximum atomic E-state index is 11.6. The van der Waals surface area contributed by atoms with Crippen LogP contribution in [0.2, 0.25) is 0 Å². The minimum absolute atomic E-state index is 0.229. The van der Waals surface area contributed by atoms with Crippen LogP contribution in [0.4, 0.5) is 0 Å². The molecule has 2 rings (SSSR count). The lowest BCUT2D eigenvalue weighted by atomic mass is 10.3. The van der Waals surface area contributed by atoms with E-state index in [1.807, 2.05) is 0 Å². The highest BCUT2D eigenvalue weighted by molar-refractivity contribution is 7.71. The average Bonchev–Trinajstić information content (AvgIpc) is 2.55. The summed E-state index contributed by atoms with van der Waals surface area (Å²) < 4.78 is 7.24. The molecule has 0 aromatic carbocycles. The van der Waals surface area contributed by atoms with Crippen molar-refractivity contribution < 1.29 is 9.53 Å². The number of hydrogen-bond donors (Lipinski definition) is 0. The van der Waals surface area contributed by atoms with Crippen LogP contribution in [0.15, 0.2) is 30.7 Å². The molecule has 0 aliphatic heterocycles. The van der Waals surface area contributed by atoms with Gasteiger partial charge >= 0.3 is 5.97 Å². The number of esters is 1. The van der Waals surface area contributed by atoms with Gasteiger partial charge in [-0.1, -0.05) is 25.6 Å². The molecule has 0 fully saturated rings. The van der Waals surface area contributed by atoms with Gasteiger partial charge in [-0.15, -0.1) is 0 Å². The lowest BCUT2D eigenvalue weighted by Gasteiger charge is -2.07. The second kappa shape index (κ2) is 8.33. The maximum absolute atomic E-state index is 11.6. The number of rotatable bonds is 7. The van der Waals surface area contributed by atoms with Gasteiger partial charge in [0.05, 0.1) is 25.8 Å². The number of ether oxygens (including phenoxy) is 1. The number of carbonyl (C=O) groups excluding carboxylic acids is 1. The van der Waals surface area contributed by atoms with Crippen LogP contribution in [0.5, 0.6) is 0 Å². The van der Waals surface area contributed by atoms with Crippen molar-refractivity contribution in [2.75, 3.05) is 6.61 Å². The summed E-state index contributed by atoms with van der Waals surface area (Å²) in [5, 5.41) is 4.25. The second-order valence-corrected chi connectivity index (χ2v) is 5.12. The molecule has 0 aliphatic carbocycles. The van der Waals surface area contributed by atoms with Crippen LogP contribution in [0.1, 0.15) is 26.2 Å². The van der Waals surface area contributed by atoms with Crippen molar-refractivity contribution in [2.24, 2.45) is 0 Å². The molecule has 0 saturated heterocycles. The summed E-state index contributed by atoms with van der Waals surface area (Å²) in [6, 6.07) is 3.53. The predicted molar refractivity (Wildman–Crippen MR) is 84.6 cm³/mol. The number of carbonyl (C=O) groups is 1. The smallest absolute Gasteiger partial charge is 0.307 e. The molecule has 0 bridgehead atoms. The van der Waals surface area contributed by atoms with Crippen LogP contribution in [-0.4, -0.2) is 32.3 Å². The first-order valence-corrected chi connectivity index (χ1v) is 7.61. The van der Waals surface area contributed by atoms with E-state index in [0.29, 0.717) is 23.6 Å². The first-order valence-electron chi connectivity index (χ1n) is 7.21. The Morgan fingerprint density at radius 2 is 2.14 bits per heavy atom. The molecule has 0 amide bonds. The number of aryl methyl sites for hydroxylation is 1. The molecule has 22 heavy (non-hydrogen) atoms. The topological polar surface area (TPSA) is 69.9 Å². The van der Waals surface area contributed by atoms with Crippen molar-refractivity contribution in [1.29, 1.82) is 0 Å². The molecule has 0 aliphatic rings. The van der Waals surface area contributed by atoms with Crippen LogP contribution in [0.3, 0.4) is 0 Å². The second-order valence-electron chi connectivity index (χ2n) is 4.70. The summed E-state index contributed by atoms with van der Waals surface area (Å²) >= 11 is 5.29. The quantitative estimate of drug-likeness (QED) is 0.444. The Morgan fingerprint density at radius 1 is 1.36 bits per heavy atom. The van der Waals surface area contributed by atoms with Crippen LogP contribution < -0.4 is 0 Å². The van der Waals surface area contributed by atoms with E-state index in [-0.39, 0.29) is 12.4 Å². The number of aromatic nitrogens is 4. The van der Waals surface area contributed by atoms with Crippen molar-refractivity contribution >= 4 is 18.2 Å². The number of unbranched alkanes of at least 4 members (excludes halogenated alkanes) is 1. The van der Waals surface area contributed by atoms with Crippen LogP contribution in [-0.2, 0) is 16.1 Å². The summed E-state index contributed by atoms with van der Waals surface area (Å²) in [6.45, 7) is 2.92. The zero-order valence-corrected chi connectivity index (χ0v) is 13.3. The van der Waals surface area contributed by atoms with Gasteiger partial charge in [-0.3, -0.25) is 9.48 Å². The van der Waals surface area contributed by atoms with Gasteiger partial charge in [0, 0.05) is 18.0 Å². The van der Waals surface area contributed by atoms with Gasteiger partial charge < -0.3 is 4.74 Å². The van der Waals surface area contributed by atoms with Crippen molar-refractivity contribution in [2.45, 2.75) is 32.7 Å². The zero-order chi connectivity index (χ0) is 15.8. The molecule has 0 spiro atoms. The Bertz CT molecular complexity index is 673. The Labute approximate surface area is 134 Å². The molecule has 2 aromatic heterocycles. The molecule has 6 nitrogen and oxygen atoms in total. The van der Waals surface area contributed by atoms with E-state index in [0.717, 1.165) is 18.4 Å². The van der Waals surface area contributed by atoms with E-state index in [2.05, 4.69) is 22.0 Å². The zero-order valence-electron chi connectivity index (χ0n) is 12.4. The molecule has 0 unspecified atom stereocenters. The standard InChI is InChI=1S/C15H18N4O2S/c1-2-3-9-21-14(20)5-8-19-13(22)10-12(11-18-19)15-16-6-4-7-17-15/h4,6-7,10-11H,2-3,5,8-9H2,1H3. The lowest BCUT2D eigenvalue weighted by Crippen LogP contribution is -2.12. The summed E-state index contributed by atoms with van der Waals surface area (Å²) in [7, 11) is 0. The van der Waals surface area contributed by atoms with Crippen molar-refractivity contribution in [3.05, 3.63) is 35.4 Å². The molecule has 0 radical (unpaired) electrons. The van der Waals surface area contributed by atoms with Gasteiger partial charge in [0.25, 0.3) is 0 Å². The summed E-state index contributed by atoms with van der Waals surface area (Å²) in [5.74, 6) is 0.347. The number of hydrogen-bond acceptors (Lipinski definition) is 6. The van der Waals surface area contributed by atoms with Crippen molar-refractivity contribution in [1.82, 2.24) is 19.7 Å². The minimum Gasteiger partial charge on any atom is -0.466 e. The molecule has 2 heterocycles. The largest absolute Gasteiger partial charge is 0.466 e. The highest BCUT2D eigenvalue weighted by Gasteiger charge is 2.06. The van der Waals surface area contributed by atoms with Crippen LogP contribution in [0, 0.1) is 4.64 Å². The third-order valence-corrected chi connectivity index (χ3v) is 3.31. The normalized spacial score (nSPS) is 10.4. The van der Waals surface area contributed by atoms with Crippen molar-refractivity contribution in [3.63, 3.8) is 0 Å². The molecule has 116 valence electrons. The third kappa shape index (κ3) is 4.70. The van der Waals surface area contributed by atoms with Gasteiger partial charge in [0.15, 0.2) is 5.82 Å². The molecule has 7 heteroatoms. The third-order valence-electron chi connectivity index (χ3n) is 2.98.